The number of aromatic hydroxyl groups is 1. The standard InChI is InChI=1S/C26H20N6O16S5/c27-12-4-5-18(50(37,38)39)16(8-12)30-31-24-20(52(43,44)45)6-11-7-21(53(46,47)48)25(26(33)22(11)23(24)28)32-29-13-9-15-14(19(10-13)51(40,41)42)2-1-3-17(15)49(34,35)36/h1-10,33H,27-28H2,(H,34,35,36)(H,37,38,39)(H,40,41,42)(H,43,44,45)(H,46,47,48). The molecule has 0 aliphatic heterocycles. The lowest BCUT2D eigenvalue weighted by Gasteiger charge is -2.14. The van der Waals surface area contributed by atoms with Crippen LogP contribution >= 0.6 is 0 Å². The minimum atomic E-state index is -5.43. The first-order valence-electron chi connectivity index (χ1n) is 13.5. The molecule has 0 bridgehead atoms. The van der Waals surface area contributed by atoms with Gasteiger partial charge in [-0.3, -0.25) is 22.8 Å². The van der Waals surface area contributed by atoms with Crippen molar-refractivity contribution in [1.82, 2.24) is 0 Å². The Hall–Kier alpha value is -5.23. The predicted molar refractivity (Wildman–Crippen MR) is 182 cm³/mol. The van der Waals surface area contributed by atoms with Crippen molar-refractivity contribution in [3.8, 4) is 5.75 Å². The second-order valence-corrected chi connectivity index (χ2v) is 17.6. The van der Waals surface area contributed by atoms with E-state index in [9.17, 15) is 70.0 Å². The second kappa shape index (κ2) is 13.0. The van der Waals surface area contributed by atoms with E-state index in [1.807, 2.05) is 0 Å². The van der Waals surface area contributed by atoms with Crippen LogP contribution in [0, 0.1) is 0 Å². The molecule has 5 aromatic rings. The van der Waals surface area contributed by atoms with Gasteiger partial charge in [-0.2, -0.15) is 47.2 Å². The van der Waals surface area contributed by atoms with Crippen molar-refractivity contribution >= 4 is 106 Å². The number of hydrogen-bond donors (Lipinski definition) is 8. The summed E-state index contributed by atoms with van der Waals surface area (Å²) in [6, 6.07) is 8.27. The molecule has 0 aliphatic rings. The molecule has 0 unspecified atom stereocenters. The number of nitrogens with zero attached hydrogens (tertiary/aromatic N) is 4. The molecule has 0 saturated carbocycles. The minimum absolute atomic E-state index is 0.109. The van der Waals surface area contributed by atoms with Crippen molar-refractivity contribution in [2.75, 3.05) is 11.5 Å². The maximum Gasteiger partial charge on any atom is 0.296 e. The molecule has 27 heteroatoms. The second-order valence-electron chi connectivity index (χ2n) is 10.6. The van der Waals surface area contributed by atoms with Gasteiger partial charge in [-0.05, 0) is 53.9 Å². The molecule has 5 aromatic carbocycles. The van der Waals surface area contributed by atoms with E-state index in [0.29, 0.717) is 18.2 Å². The van der Waals surface area contributed by atoms with E-state index in [2.05, 4.69) is 20.5 Å². The van der Waals surface area contributed by atoms with Gasteiger partial charge in [-0.25, -0.2) is 0 Å². The smallest absolute Gasteiger partial charge is 0.296 e. The molecule has 0 heterocycles. The van der Waals surface area contributed by atoms with Crippen LogP contribution in [0.25, 0.3) is 21.5 Å². The van der Waals surface area contributed by atoms with Crippen LogP contribution in [0.2, 0.25) is 0 Å². The molecule has 22 nitrogen and oxygen atoms in total. The molecule has 5 rings (SSSR count). The third kappa shape index (κ3) is 7.78. The molecule has 53 heavy (non-hydrogen) atoms. The Labute approximate surface area is 297 Å². The van der Waals surface area contributed by atoms with Gasteiger partial charge in [0.25, 0.3) is 50.6 Å². The third-order valence-corrected chi connectivity index (χ3v) is 11.6. The Kier molecular flexibility index (Phi) is 9.57. The molecule has 0 atom stereocenters. The number of rotatable bonds is 9. The summed E-state index contributed by atoms with van der Waals surface area (Å²) in [5.41, 5.74) is 7.29. The van der Waals surface area contributed by atoms with Crippen LogP contribution in [0.5, 0.6) is 5.75 Å². The Bertz CT molecular complexity index is 3060. The van der Waals surface area contributed by atoms with Gasteiger partial charge in [-0.15, -0.1) is 15.3 Å². The number of anilines is 2. The normalized spacial score (nSPS) is 13.5. The van der Waals surface area contributed by atoms with E-state index in [1.54, 1.807) is 0 Å². The highest BCUT2D eigenvalue weighted by atomic mass is 32.2. The van der Waals surface area contributed by atoms with Crippen molar-refractivity contribution in [3.05, 3.63) is 60.7 Å². The van der Waals surface area contributed by atoms with Crippen molar-refractivity contribution in [1.29, 1.82) is 0 Å². The fourth-order valence-electron chi connectivity index (χ4n) is 4.95. The maximum absolute atomic E-state index is 12.4. The molecular formula is C26H20N6O16S5. The molecule has 0 aliphatic carbocycles. The Morgan fingerprint density at radius 2 is 1.02 bits per heavy atom. The minimum Gasteiger partial charge on any atom is -0.505 e. The van der Waals surface area contributed by atoms with Gasteiger partial charge in [0.1, 0.15) is 41.5 Å². The summed E-state index contributed by atoms with van der Waals surface area (Å²) in [5.74, 6) is -1.29. The van der Waals surface area contributed by atoms with Gasteiger partial charge in [0.05, 0.1) is 16.8 Å². The highest BCUT2D eigenvalue weighted by Crippen LogP contribution is 2.48. The first-order chi connectivity index (χ1) is 24.2. The van der Waals surface area contributed by atoms with E-state index >= 15 is 0 Å². The highest BCUT2D eigenvalue weighted by molar-refractivity contribution is 7.87. The molecule has 0 saturated heterocycles. The summed E-state index contributed by atoms with van der Waals surface area (Å²) in [5, 5.41) is 23.4. The van der Waals surface area contributed by atoms with Crippen molar-refractivity contribution in [3.63, 3.8) is 0 Å². The number of benzene rings is 5. The van der Waals surface area contributed by atoms with E-state index < -0.39 is 131 Å². The van der Waals surface area contributed by atoms with Gasteiger partial charge in [0.15, 0.2) is 5.75 Å². The van der Waals surface area contributed by atoms with E-state index in [1.165, 1.54) is 0 Å². The van der Waals surface area contributed by atoms with Crippen LogP contribution in [0.1, 0.15) is 0 Å². The quantitative estimate of drug-likeness (QED) is 0.0592. The Balaban J connectivity index is 1.83. The summed E-state index contributed by atoms with van der Waals surface area (Å²) in [6.45, 7) is 0. The lowest BCUT2D eigenvalue weighted by molar-refractivity contribution is 0.472. The van der Waals surface area contributed by atoms with Crippen LogP contribution in [0.15, 0.2) is 106 Å². The van der Waals surface area contributed by atoms with E-state index in [0.717, 1.165) is 42.5 Å². The topological polar surface area (TPSA) is 394 Å². The largest absolute Gasteiger partial charge is 0.505 e. The van der Waals surface area contributed by atoms with E-state index in [4.69, 9.17) is 11.5 Å². The zero-order valence-corrected chi connectivity index (χ0v) is 29.6. The van der Waals surface area contributed by atoms with Crippen LogP contribution < -0.4 is 11.5 Å². The predicted octanol–water partition coefficient (Wildman–Crippen LogP) is 3.93. The number of phenolic OH excluding ortho intramolecular Hbond substituents is 1. The molecule has 0 fully saturated rings. The van der Waals surface area contributed by atoms with Crippen molar-refractivity contribution in [2.24, 2.45) is 20.5 Å². The maximum atomic E-state index is 12.4. The number of hydrogen-bond acceptors (Lipinski definition) is 17. The number of nitrogen functional groups attached to an aromatic ring is 2. The van der Waals surface area contributed by atoms with Gasteiger partial charge in [-0.1, -0.05) is 12.1 Å². The summed E-state index contributed by atoms with van der Waals surface area (Å²) in [4.78, 5) is -5.15. The summed E-state index contributed by atoms with van der Waals surface area (Å²) in [6.07, 6.45) is 0. The lowest BCUT2D eigenvalue weighted by atomic mass is 10.1. The molecule has 10 N–H and O–H groups in total. The number of fused-ring (bicyclic) bond motifs is 2. The average Bonchev–Trinajstić information content (AvgIpc) is 3.00. The number of azo groups is 2. The van der Waals surface area contributed by atoms with Crippen LogP contribution in [0.4, 0.5) is 34.1 Å². The zero-order valence-electron chi connectivity index (χ0n) is 25.5. The highest BCUT2D eigenvalue weighted by Gasteiger charge is 2.29. The lowest BCUT2D eigenvalue weighted by Crippen LogP contribution is -2.04. The van der Waals surface area contributed by atoms with E-state index in [-0.39, 0.29) is 5.69 Å². The van der Waals surface area contributed by atoms with Gasteiger partial charge >= 0.3 is 0 Å². The molecule has 0 radical (unpaired) electrons. The van der Waals surface area contributed by atoms with Gasteiger partial charge in [0.2, 0.25) is 0 Å². The average molecular weight is 833 g/mol. The summed E-state index contributed by atoms with van der Waals surface area (Å²) < 4.78 is 171. The summed E-state index contributed by atoms with van der Waals surface area (Å²) in [7, 11) is -25.9. The fourth-order valence-corrected chi connectivity index (χ4v) is 8.31. The molecule has 0 amide bonds. The Morgan fingerprint density at radius 1 is 0.491 bits per heavy atom. The fraction of sp³-hybridized carbons (Fsp3) is 0. The molecule has 0 spiro atoms. The van der Waals surface area contributed by atoms with Crippen molar-refractivity contribution in [2.45, 2.75) is 24.5 Å². The molecule has 280 valence electrons. The zero-order chi connectivity index (χ0) is 39.6. The number of phenols is 1. The monoisotopic (exact) mass is 832 g/mol. The molecule has 0 aromatic heterocycles. The molecular weight excluding hydrogens is 813 g/mol. The van der Waals surface area contributed by atoms with Gasteiger partial charge < -0.3 is 16.6 Å². The van der Waals surface area contributed by atoms with Crippen LogP contribution in [-0.2, 0) is 50.6 Å². The Morgan fingerprint density at radius 3 is 1.57 bits per heavy atom. The number of nitrogens with two attached hydrogens (primary N) is 2. The SMILES string of the molecule is Nc1ccc(S(=O)(=O)O)c(N=Nc2c(S(=O)(=O)O)cc3cc(S(=O)(=O)O)c(N=Nc4cc(S(=O)(=O)O)c5cccc(S(=O)(=O)O)c5c4)c(O)c3c2N)c1. The van der Waals surface area contributed by atoms with Gasteiger partial charge in [0, 0.05) is 16.5 Å². The van der Waals surface area contributed by atoms with Crippen molar-refractivity contribution < 1.29 is 70.0 Å². The summed E-state index contributed by atoms with van der Waals surface area (Å²) >= 11 is 0. The van der Waals surface area contributed by atoms with Crippen LogP contribution in [0.3, 0.4) is 0 Å². The first-order valence-corrected chi connectivity index (χ1v) is 20.7. The first kappa shape index (κ1) is 39.0. The third-order valence-electron chi connectivity index (χ3n) is 7.11. The van der Waals surface area contributed by atoms with Crippen LogP contribution in [-0.4, -0.2) is 70.0 Å².